The third kappa shape index (κ3) is 3.10. The predicted octanol–water partition coefficient (Wildman–Crippen LogP) is 4.03. The highest BCUT2D eigenvalue weighted by molar-refractivity contribution is 7.15. The van der Waals surface area contributed by atoms with Gasteiger partial charge < -0.3 is 10.7 Å². The predicted molar refractivity (Wildman–Crippen MR) is 117 cm³/mol. The van der Waals surface area contributed by atoms with Crippen LogP contribution in [0.2, 0.25) is 0 Å². The van der Waals surface area contributed by atoms with Gasteiger partial charge in [0.2, 0.25) is 0 Å². The molecule has 1 aromatic carbocycles. The summed E-state index contributed by atoms with van der Waals surface area (Å²) in [6.07, 6.45) is 3.61. The molecule has 0 fully saturated rings. The number of aromatic amines is 1. The third-order valence-electron chi connectivity index (χ3n) is 4.89. The summed E-state index contributed by atoms with van der Waals surface area (Å²) in [5.41, 5.74) is 10.3. The summed E-state index contributed by atoms with van der Waals surface area (Å²) in [5, 5.41) is 2.86. The number of nitrogens with zero attached hydrogens (tertiary/aromatic N) is 3. The lowest BCUT2D eigenvalue weighted by Crippen LogP contribution is -2.16. The van der Waals surface area contributed by atoms with E-state index in [-0.39, 0.29) is 12.1 Å². The molecule has 0 bridgehead atoms. The molecule has 0 unspecified atom stereocenters. The molecule has 29 heavy (non-hydrogen) atoms. The van der Waals surface area contributed by atoms with Crippen molar-refractivity contribution >= 4 is 33.3 Å². The Morgan fingerprint density at radius 1 is 1.10 bits per heavy atom. The molecule has 0 radical (unpaired) electrons. The summed E-state index contributed by atoms with van der Waals surface area (Å²) in [7, 11) is 0. The zero-order valence-electron chi connectivity index (χ0n) is 15.6. The van der Waals surface area contributed by atoms with Gasteiger partial charge in [0.1, 0.15) is 5.65 Å². The van der Waals surface area contributed by atoms with Crippen LogP contribution in [0.15, 0.2) is 59.7 Å². The second kappa shape index (κ2) is 6.88. The number of benzene rings is 1. The van der Waals surface area contributed by atoms with Crippen LogP contribution in [-0.2, 0) is 6.54 Å². The van der Waals surface area contributed by atoms with Crippen molar-refractivity contribution in [3.05, 3.63) is 75.8 Å². The fourth-order valence-electron chi connectivity index (χ4n) is 3.45. The first-order valence-electron chi connectivity index (χ1n) is 9.17. The van der Waals surface area contributed by atoms with Gasteiger partial charge in [0.25, 0.3) is 5.56 Å². The van der Waals surface area contributed by atoms with E-state index in [0.29, 0.717) is 11.2 Å². The van der Waals surface area contributed by atoms with Crippen LogP contribution in [0.5, 0.6) is 0 Å². The maximum absolute atomic E-state index is 12.2. The van der Waals surface area contributed by atoms with Crippen molar-refractivity contribution in [3.63, 3.8) is 0 Å². The molecule has 0 saturated heterocycles. The van der Waals surface area contributed by atoms with E-state index in [9.17, 15) is 4.79 Å². The smallest absolute Gasteiger partial charge is 0.254 e. The van der Waals surface area contributed by atoms with E-state index in [0.717, 1.165) is 43.0 Å². The second-order valence-corrected chi connectivity index (χ2v) is 8.04. The number of nitrogens with one attached hydrogen (secondary N) is 1. The van der Waals surface area contributed by atoms with Crippen LogP contribution in [0.3, 0.4) is 0 Å². The van der Waals surface area contributed by atoms with E-state index in [2.05, 4.69) is 27.1 Å². The number of rotatable bonds is 3. The number of aromatic nitrogens is 4. The average molecular weight is 399 g/mol. The zero-order valence-corrected chi connectivity index (χ0v) is 16.5. The summed E-state index contributed by atoms with van der Waals surface area (Å²) in [6, 6.07) is 14.0. The molecule has 4 aromatic heterocycles. The molecular formula is C22H17N5OS. The lowest BCUT2D eigenvalue weighted by atomic mass is 9.99. The van der Waals surface area contributed by atoms with Gasteiger partial charge in [-0.2, -0.15) is 0 Å². The van der Waals surface area contributed by atoms with Crippen LogP contribution in [0.4, 0.5) is 0 Å². The summed E-state index contributed by atoms with van der Waals surface area (Å²) in [5.74, 6) is 0. The summed E-state index contributed by atoms with van der Waals surface area (Å²) < 4.78 is 0. The van der Waals surface area contributed by atoms with Gasteiger partial charge in [-0.3, -0.25) is 9.78 Å². The van der Waals surface area contributed by atoms with Gasteiger partial charge in [0.15, 0.2) is 0 Å². The molecular weight excluding hydrogens is 382 g/mol. The normalized spacial score (nSPS) is 11.4. The average Bonchev–Trinajstić information content (AvgIpc) is 3.18. The Morgan fingerprint density at radius 3 is 2.79 bits per heavy atom. The monoisotopic (exact) mass is 399 g/mol. The Hall–Kier alpha value is -3.42. The van der Waals surface area contributed by atoms with Crippen LogP contribution < -0.4 is 11.3 Å². The maximum atomic E-state index is 12.2. The minimum Gasteiger partial charge on any atom is -0.326 e. The highest BCUT2D eigenvalue weighted by atomic mass is 32.1. The second-order valence-electron chi connectivity index (χ2n) is 6.80. The Balaban J connectivity index is 1.82. The zero-order chi connectivity index (χ0) is 20.0. The molecule has 0 saturated carbocycles. The first-order valence-corrected chi connectivity index (χ1v) is 9.99. The highest BCUT2D eigenvalue weighted by Gasteiger charge is 2.15. The highest BCUT2D eigenvalue weighted by Crippen LogP contribution is 2.36. The Morgan fingerprint density at radius 2 is 2.00 bits per heavy atom. The molecule has 0 spiro atoms. The van der Waals surface area contributed by atoms with Crippen molar-refractivity contribution in [1.29, 1.82) is 0 Å². The van der Waals surface area contributed by atoms with E-state index in [1.165, 1.54) is 0 Å². The number of nitrogens with two attached hydrogens (primary N) is 1. The lowest BCUT2D eigenvalue weighted by Gasteiger charge is -2.11. The SMILES string of the molecule is Cc1ncc(-c2nc3[nH]c(=O)c(CN)cc3cc2-c2ccc3ncccc3c2)s1. The van der Waals surface area contributed by atoms with E-state index in [1.54, 1.807) is 17.5 Å². The molecule has 0 aliphatic heterocycles. The summed E-state index contributed by atoms with van der Waals surface area (Å²) in [4.78, 5) is 29.6. The standard InChI is InChI=1S/C22H17N5OS/c1-12-25-11-19(29-12)20-17(13-4-5-18-14(7-13)3-2-6-24-18)9-15-8-16(10-23)22(28)27-21(15)26-20/h2-9,11H,10,23H2,1H3,(H,26,27,28). The van der Waals surface area contributed by atoms with Crippen LogP contribution >= 0.6 is 11.3 Å². The molecule has 0 aliphatic carbocycles. The number of hydrogen-bond donors (Lipinski definition) is 2. The number of H-pyrrole nitrogens is 1. The van der Waals surface area contributed by atoms with Crippen LogP contribution in [0.1, 0.15) is 10.6 Å². The maximum Gasteiger partial charge on any atom is 0.254 e. The number of fused-ring (bicyclic) bond motifs is 2. The fraction of sp³-hybridized carbons (Fsp3) is 0.0909. The number of thiazole rings is 1. The Labute approximate surface area is 170 Å². The number of hydrogen-bond acceptors (Lipinski definition) is 6. The van der Waals surface area contributed by atoms with Gasteiger partial charge >= 0.3 is 0 Å². The van der Waals surface area contributed by atoms with Crippen molar-refractivity contribution in [2.45, 2.75) is 13.5 Å². The van der Waals surface area contributed by atoms with Gasteiger partial charge in [-0.1, -0.05) is 12.1 Å². The minimum atomic E-state index is -0.205. The van der Waals surface area contributed by atoms with Gasteiger partial charge in [-0.25, -0.2) is 9.97 Å². The molecule has 3 N–H and O–H groups in total. The van der Waals surface area contributed by atoms with Crippen molar-refractivity contribution in [3.8, 4) is 21.7 Å². The van der Waals surface area contributed by atoms with Crippen molar-refractivity contribution in [2.24, 2.45) is 5.73 Å². The third-order valence-corrected chi connectivity index (χ3v) is 5.81. The van der Waals surface area contributed by atoms with Crippen LogP contribution in [0.25, 0.3) is 43.6 Å². The summed E-state index contributed by atoms with van der Waals surface area (Å²) >= 11 is 1.58. The molecule has 4 heterocycles. The Kier molecular flexibility index (Phi) is 4.19. The largest absolute Gasteiger partial charge is 0.326 e. The van der Waals surface area contributed by atoms with E-state index in [4.69, 9.17) is 10.7 Å². The molecule has 0 aliphatic rings. The lowest BCUT2D eigenvalue weighted by molar-refractivity contribution is 1.02. The first-order chi connectivity index (χ1) is 14.1. The molecule has 0 atom stereocenters. The van der Waals surface area contributed by atoms with Crippen molar-refractivity contribution in [1.82, 2.24) is 19.9 Å². The fourth-order valence-corrected chi connectivity index (χ4v) is 4.23. The minimum absolute atomic E-state index is 0.179. The van der Waals surface area contributed by atoms with Crippen LogP contribution in [0, 0.1) is 6.92 Å². The van der Waals surface area contributed by atoms with Gasteiger partial charge in [-0.05, 0) is 42.8 Å². The quantitative estimate of drug-likeness (QED) is 0.477. The number of aryl methyl sites for hydroxylation is 1. The molecule has 7 heteroatoms. The first kappa shape index (κ1) is 17.7. The molecule has 5 aromatic rings. The van der Waals surface area contributed by atoms with Crippen LogP contribution in [-0.4, -0.2) is 19.9 Å². The van der Waals surface area contributed by atoms with E-state index < -0.39 is 0 Å². The van der Waals surface area contributed by atoms with Gasteiger partial charge in [0.05, 0.1) is 21.1 Å². The molecule has 142 valence electrons. The van der Waals surface area contributed by atoms with E-state index >= 15 is 0 Å². The molecule has 0 amide bonds. The Bertz CT molecular complexity index is 1440. The van der Waals surface area contributed by atoms with Crippen molar-refractivity contribution < 1.29 is 0 Å². The number of pyridine rings is 3. The van der Waals surface area contributed by atoms with Crippen molar-refractivity contribution in [2.75, 3.05) is 0 Å². The molecule has 6 nitrogen and oxygen atoms in total. The topological polar surface area (TPSA) is 97.5 Å². The van der Waals surface area contributed by atoms with E-state index in [1.807, 2.05) is 43.5 Å². The summed E-state index contributed by atoms with van der Waals surface area (Å²) in [6.45, 7) is 2.14. The molecule has 5 rings (SSSR count). The van der Waals surface area contributed by atoms with Gasteiger partial charge in [-0.15, -0.1) is 11.3 Å². The van der Waals surface area contributed by atoms with Gasteiger partial charge in [0, 0.05) is 40.8 Å².